The van der Waals surface area contributed by atoms with Gasteiger partial charge >= 0.3 is 0 Å². The fourth-order valence-corrected chi connectivity index (χ4v) is 2.62. The van der Waals surface area contributed by atoms with E-state index in [-0.39, 0.29) is 0 Å². The fourth-order valence-electron chi connectivity index (χ4n) is 2.62. The molecule has 4 heteroatoms. The Labute approximate surface area is 97.4 Å². The molecule has 1 aliphatic heterocycles. The van der Waals surface area contributed by atoms with Crippen molar-refractivity contribution in [1.29, 1.82) is 0 Å². The Morgan fingerprint density at radius 3 is 3.00 bits per heavy atom. The molecule has 0 aromatic carbocycles. The van der Waals surface area contributed by atoms with Crippen molar-refractivity contribution in [3.63, 3.8) is 0 Å². The number of aryl methyl sites for hydroxylation is 1. The van der Waals surface area contributed by atoms with Gasteiger partial charge < -0.3 is 5.73 Å². The van der Waals surface area contributed by atoms with E-state index in [2.05, 4.69) is 23.1 Å². The molecular weight excluding hydrogens is 200 g/mol. The third-order valence-corrected chi connectivity index (χ3v) is 3.69. The lowest BCUT2D eigenvalue weighted by molar-refractivity contribution is 0.239. The van der Waals surface area contributed by atoms with Gasteiger partial charge in [0.15, 0.2) is 0 Å². The monoisotopic (exact) mass is 222 g/mol. The maximum atomic E-state index is 5.83. The molecule has 1 aliphatic rings. The summed E-state index contributed by atoms with van der Waals surface area (Å²) >= 11 is 0. The van der Waals surface area contributed by atoms with Gasteiger partial charge in [-0.1, -0.05) is 6.92 Å². The molecule has 1 aromatic rings. The molecule has 2 N–H and O–H groups in total. The number of aromatic nitrogens is 2. The molecule has 2 atom stereocenters. The van der Waals surface area contributed by atoms with Gasteiger partial charge in [-0.05, 0) is 30.9 Å². The normalized spacial score (nSPS) is 26.4. The van der Waals surface area contributed by atoms with Gasteiger partial charge in [-0.2, -0.15) is 5.10 Å². The Kier molecular flexibility index (Phi) is 3.61. The number of nitrogens with zero attached hydrogens (tertiary/aromatic N) is 3. The first-order valence-corrected chi connectivity index (χ1v) is 6.12. The Balaban J connectivity index is 1.86. The molecule has 0 saturated carbocycles. The van der Waals surface area contributed by atoms with Crippen LogP contribution in [0.1, 0.15) is 18.9 Å². The van der Waals surface area contributed by atoms with Gasteiger partial charge in [0, 0.05) is 32.4 Å². The molecule has 4 nitrogen and oxygen atoms in total. The third kappa shape index (κ3) is 2.44. The zero-order valence-electron chi connectivity index (χ0n) is 10.3. The summed E-state index contributed by atoms with van der Waals surface area (Å²) in [5.74, 6) is 0.749. The van der Waals surface area contributed by atoms with Crippen LogP contribution in [-0.2, 0) is 13.5 Å². The van der Waals surface area contributed by atoms with Crippen LogP contribution in [0.3, 0.4) is 0 Å². The van der Waals surface area contributed by atoms with Gasteiger partial charge in [-0.25, -0.2) is 0 Å². The standard InChI is InChI=1S/C12H22N4/c1-10-3-5-16(12(10)7-13)6-4-11-8-14-15(2)9-11/h8-10,12H,3-7,13H2,1-2H3. The summed E-state index contributed by atoms with van der Waals surface area (Å²) in [5, 5.41) is 4.19. The minimum absolute atomic E-state index is 0.580. The van der Waals surface area contributed by atoms with Crippen LogP contribution in [-0.4, -0.2) is 40.4 Å². The zero-order chi connectivity index (χ0) is 11.5. The second-order valence-corrected chi connectivity index (χ2v) is 4.88. The summed E-state index contributed by atoms with van der Waals surface area (Å²) in [6, 6.07) is 0.580. The highest BCUT2D eigenvalue weighted by atomic mass is 15.2. The van der Waals surface area contributed by atoms with Crippen LogP contribution in [0.2, 0.25) is 0 Å². The predicted molar refractivity (Wildman–Crippen MR) is 65.1 cm³/mol. The Bertz CT molecular complexity index is 334. The number of likely N-dealkylation sites (tertiary alicyclic amines) is 1. The number of nitrogens with two attached hydrogens (primary N) is 1. The van der Waals surface area contributed by atoms with Crippen molar-refractivity contribution in [3.8, 4) is 0 Å². The van der Waals surface area contributed by atoms with E-state index in [0.29, 0.717) is 6.04 Å². The zero-order valence-corrected chi connectivity index (χ0v) is 10.3. The average Bonchev–Trinajstić information content (AvgIpc) is 2.82. The van der Waals surface area contributed by atoms with E-state index in [0.717, 1.165) is 25.4 Å². The largest absolute Gasteiger partial charge is 0.329 e. The minimum atomic E-state index is 0.580. The van der Waals surface area contributed by atoms with Gasteiger partial charge in [-0.3, -0.25) is 9.58 Å². The number of rotatable bonds is 4. The van der Waals surface area contributed by atoms with Gasteiger partial charge in [-0.15, -0.1) is 0 Å². The van der Waals surface area contributed by atoms with E-state index in [1.165, 1.54) is 18.5 Å². The van der Waals surface area contributed by atoms with Crippen LogP contribution in [0.5, 0.6) is 0 Å². The highest BCUT2D eigenvalue weighted by molar-refractivity contribution is 5.04. The van der Waals surface area contributed by atoms with E-state index < -0.39 is 0 Å². The van der Waals surface area contributed by atoms with Crippen molar-refractivity contribution in [2.45, 2.75) is 25.8 Å². The second kappa shape index (κ2) is 4.97. The molecule has 90 valence electrons. The molecule has 0 radical (unpaired) electrons. The summed E-state index contributed by atoms with van der Waals surface area (Å²) < 4.78 is 1.86. The number of hydrogen-bond acceptors (Lipinski definition) is 3. The maximum absolute atomic E-state index is 5.83. The van der Waals surface area contributed by atoms with Crippen LogP contribution in [0.4, 0.5) is 0 Å². The Hall–Kier alpha value is -0.870. The minimum Gasteiger partial charge on any atom is -0.329 e. The van der Waals surface area contributed by atoms with Crippen LogP contribution >= 0.6 is 0 Å². The van der Waals surface area contributed by atoms with E-state index in [9.17, 15) is 0 Å². The molecular formula is C12H22N4. The van der Waals surface area contributed by atoms with Crippen LogP contribution in [0, 0.1) is 5.92 Å². The predicted octanol–water partition coefficient (Wildman–Crippen LogP) is 0.632. The molecule has 0 aliphatic carbocycles. The lowest BCUT2D eigenvalue weighted by Crippen LogP contribution is -2.39. The quantitative estimate of drug-likeness (QED) is 0.813. The first kappa shape index (κ1) is 11.6. The molecule has 2 rings (SSSR count). The molecule has 16 heavy (non-hydrogen) atoms. The summed E-state index contributed by atoms with van der Waals surface area (Å²) in [6.07, 6.45) is 6.42. The topological polar surface area (TPSA) is 47.1 Å². The molecule has 2 unspecified atom stereocenters. The van der Waals surface area contributed by atoms with Gasteiger partial charge in [0.2, 0.25) is 0 Å². The first-order valence-electron chi connectivity index (χ1n) is 6.12. The Morgan fingerprint density at radius 2 is 2.38 bits per heavy atom. The smallest absolute Gasteiger partial charge is 0.0522 e. The summed E-state index contributed by atoms with van der Waals surface area (Å²) in [7, 11) is 1.96. The number of hydrogen-bond donors (Lipinski definition) is 1. The van der Waals surface area contributed by atoms with Gasteiger partial charge in [0.1, 0.15) is 0 Å². The van der Waals surface area contributed by atoms with Crippen molar-refractivity contribution in [1.82, 2.24) is 14.7 Å². The fraction of sp³-hybridized carbons (Fsp3) is 0.750. The van der Waals surface area contributed by atoms with Crippen LogP contribution < -0.4 is 5.73 Å². The van der Waals surface area contributed by atoms with E-state index in [4.69, 9.17) is 5.73 Å². The Morgan fingerprint density at radius 1 is 1.56 bits per heavy atom. The van der Waals surface area contributed by atoms with Crippen molar-refractivity contribution >= 4 is 0 Å². The molecule has 1 saturated heterocycles. The summed E-state index contributed by atoms with van der Waals surface area (Å²) in [6.45, 7) is 5.40. The van der Waals surface area contributed by atoms with Crippen molar-refractivity contribution in [2.75, 3.05) is 19.6 Å². The van der Waals surface area contributed by atoms with Crippen molar-refractivity contribution in [2.24, 2.45) is 18.7 Å². The van der Waals surface area contributed by atoms with E-state index in [1.54, 1.807) is 0 Å². The van der Waals surface area contributed by atoms with E-state index >= 15 is 0 Å². The van der Waals surface area contributed by atoms with E-state index in [1.807, 2.05) is 17.9 Å². The molecule has 1 fully saturated rings. The van der Waals surface area contributed by atoms with Crippen molar-refractivity contribution in [3.05, 3.63) is 18.0 Å². The van der Waals surface area contributed by atoms with Gasteiger partial charge in [0.25, 0.3) is 0 Å². The first-order chi connectivity index (χ1) is 7.70. The highest BCUT2D eigenvalue weighted by Crippen LogP contribution is 2.22. The molecule has 2 heterocycles. The van der Waals surface area contributed by atoms with Gasteiger partial charge in [0.05, 0.1) is 6.20 Å². The van der Waals surface area contributed by atoms with Crippen LogP contribution in [0.25, 0.3) is 0 Å². The van der Waals surface area contributed by atoms with Crippen LogP contribution in [0.15, 0.2) is 12.4 Å². The maximum Gasteiger partial charge on any atom is 0.0522 e. The molecule has 0 amide bonds. The molecule has 0 spiro atoms. The third-order valence-electron chi connectivity index (χ3n) is 3.69. The highest BCUT2D eigenvalue weighted by Gasteiger charge is 2.29. The molecule has 0 bridgehead atoms. The van der Waals surface area contributed by atoms with Crippen molar-refractivity contribution < 1.29 is 0 Å². The SMILES string of the molecule is CC1CCN(CCc2cnn(C)c2)C1CN. The summed E-state index contributed by atoms with van der Waals surface area (Å²) in [5.41, 5.74) is 7.15. The lowest BCUT2D eigenvalue weighted by atomic mass is 10.0. The lowest BCUT2D eigenvalue weighted by Gasteiger charge is -2.25. The second-order valence-electron chi connectivity index (χ2n) is 4.88. The molecule has 1 aromatic heterocycles. The summed E-state index contributed by atoms with van der Waals surface area (Å²) in [4.78, 5) is 2.53. The average molecular weight is 222 g/mol.